The first-order valence-electron chi connectivity index (χ1n) is 7.86. The van der Waals surface area contributed by atoms with Crippen LogP contribution >= 0.6 is 11.6 Å². The van der Waals surface area contributed by atoms with Crippen LogP contribution in [0.4, 0.5) is 5.69 Å². The zero-order chi connectivity index (χ0) is 17.2. The van der Waals surface area contributed by atoms with Gasteiger partial charge < -0.3 is 14.3 Å². The van der Waals surface area contributed by atoms with Gasteiger partial charge >= 0.3 is 0 Å². The largest absolute Gasteiger partial charge is 0.472 e. The highest BCUT2D eigenvalue weighted by Gasteiger charge is 2.13. The zero-order valence-corrected chi connectivity index (χ0v) is 14.0. The zero-order valence-electron chi connectivity index (χ0n) is 13.3. The summed E-state index contributed by atoms with van der Waals surface area (Å²) < 4.78 is 7.09. The number of carbonyl (C=O) groups excluding carboxylic acids is 1. The van der Waals surface area contributed by atoms with Crippen molar-refractivity contribution in [1.29, 1.82) is 0 Å². The van der Waals surface area contributed by atoms with Crippen LogP contribution in [0.25, 0.3) is 10.9 Å². The summed E-state index contributed by atoms with van der Waals surface area (Å²) in [6.45, 7) is 0.694. The normalized spacial score (nSPS) is 10.9. The number of aromatic nitrogens is 1. The summed E-state index contributed by atoms with van der Waals surface area (Å²) in [5, 5.41) is 4.67. The van der Waals surface area contributed by atoms with Crippen LogP contribution in [-0.2, 0) is 6.54 Å². The number of carbonyl (C=O) groups is 1. The number of rotatable bonds is 4. The molecule has 4 rings (SSSR count). The summed E-state index contributed by atoms with van der Waals surface area (Å²) in [5.41, 5.74) is 3.46. The molecule has 0 aliphatic carbocycles. The minimum Gasteiger partial charge on any atom is -0.472 e. The standard InChI is InChI=1S/C20H15ClN2O2/c21-16-7-5-14(6-8-16)11-23-12-18(17-3-1-2-4-19(17)23)22-20(24)15-9-10-25-13-15/h1-10,12-13H,11H2,(H,22,24). The van der Waals surface area contributed by atoms with Gasteiger partial charge in [0, 0.05) is 23.2 Å². The third-order valence-electron chi connectivity index (χ3n) is 4.09. The van der Waals surface area contributed by atoms with Crippen molar-refractivity contribution in [2.75, 3.05) is 5.32 Å². The molecule has 0 radical (unpaired) electrons. The average molecular weight is 351 g/mol. The van der Waals surface area contributed by atoms with Crippen LogP contribution < -0.4 is 5.32 Å². The van der Waals surface area contributed by atoms with Crippen LogP contribution in [0.1, 0.15) is 15.9 Å². The van der Waals surface area contributed by atoms with E-state index in [9.17, 15) is 4.79 Å². The van der Waals surface area contributed by atoms with Crippen LogP contribution in [-0.4, -0.2) is 10.5 Å². The predicted octanol–water partition coefficient (Wildman–Crippen LogP) is 5.19. The molecule has 0 fully saturated rings. The monoisotopic (exact) mass is 350 g/mol. The number of para-hydroxylation sites is 1. The number of amides is 1. The molecule has 2 aromatic heterocycles. The number of halogens is 1. The maximum absolute atomic E-state index is 12.3. The average Bonchev–Trinajstić information content (AvgIpc) is 3.27. The molecule has 1 N–H and O–H groups in total. The Bertz CT molecular complexity index is 1020. The van der Waals surface area contributed by atoms with Gasteiger partial charge in [-0.2, -0.15) is 0 Å². The third kappa shape index (κ3) is 3.16. The van der Waals surface area contributed by atoms with Crippen molar-refractivity contribution in [2.45, 2.75) is 6.54 Å². The number of fused-ring (bicyclic) bond motifs is 1. The fourth-order valence-electron chi connectivity index (χ4n) is 2.85. The number of benzene rings is 2. The lowest BCUT2D eigenvalue weighted by Gasteiger charge is -2.05. The summed E-state index contributed by atoms with van der Waals surface area (Å²) >= 11 is 5.96. The lowest BCUT2D eigenvalue weighted by atomic mass is 10.2. The van der Waals surface area contributed by atoms with Gasteiger partial charge in [-0.3, -0.25) is 4.79 Å². The van der Waals surface area contributed by atoms with Crippen molar-refractivity contribution in [3.63, 3.8) is 0 Å². The fraction of sp³-hybridized carbons (Fsp3) is 0.0500. The smallest absolute Gasteiger partial charge is 0.258 e. The van der Waals surface area contributed by atoms with Gasteiger partial charge in [0.25, 0.3) is 5.91 Å². The highest BCUT2D eigenvalue weighted by atomic mass is 35.5. The molecule has 5 heteroatoms. The molecule has 4 aromatic rings. The minimum atomic E-state index is -0.192. The first-order valence-corrected chi connectivity index (χ1v) is 8.24. The van der Waals surface area contributed by atoms with Crippen LogP contribution in [0.5, 0.6) is 0 Å². The highest BCUT2D eigenvalue weighted by Crippen LogP contribution is 2.27. The summed E-state index contributed by atoms with van der Waals surface area (Å²) in [7, 11) is 0. The summed E-state index contributed by atoms with van der Waals surface area (Å²) in [4.78, 5) is 12.3. The molecule has 0 aliphatic heterocycles. The molecular weight excluding hydrogens is 336 g/mol. The van der Waals surface area contributed by atoms with Gasteiger partial charge in [-0.1, -0.05) is 41.9 Å². The van der Waals surface area contributed by atoms with Gasteiger partial charge in [-0.05, 0) is 29.8 Å². The first kappa shape index (κ1) is 15.5. The lowest BCUT2D eigenvalue weighted by Crippen LogP contribution is -2.10. The van der Waals surface area contributed by atoms with E-state index in [1.54, 1.807) is 6.07 Å². The molecule has 0 atom stereocenters. The maximum atomic E-state index is 12.3. The molecule has 25 heavy (non-hydrogen) atoms. The Morgan fingerprint density at radius 2 is 1.88 bits per heavy atom. The van der Waals surface area contributed by atoms with Crippen LogP contribution in [0.3, 0.4) is 0 Å². The van der Waals surface area contributed by atoms with E-state index >= 15 is 0 Å². The predicted molar refractivity (Wildman–Crippen MR) is 99.2 cm³/mol. The molecule has 4 nitrogen and oxygen atoms in total. The Balaban J connectivity index is 1.68. The Labute approximate surface area is 149 Å². The molecule has 0 aliphatic rings. The summed E-state index contributed by atoms with van der Waals surface area (Å²) in [6, 6.07) is 17.4. The second-order valence-corrected chi connectivity index (χ2v) is 6.22. The first-order chi connectivity index (χ1) is 12.2. The van der Waals surface area contributed by atoms with E-state index in [4.69, 9.17) is 16.0 Å². The molecule has 1 amide bonds. The number of nitrogens with one attached hydrogen (secondary N) is 1. The second kappa shape index (κ2) is 6.49. The molecule has 0 saturated heterocycles. The van der Waals surface area contributed by atoms with Crippen molar-refractivity contribution in [3.05, 3.63) is 89.5 Å². The van der Waals surface area contributed by atoms with E-state index in [0.29, 0.717) is 17.1 Å². The molecule has 2 heterocycles. The Kier molecular flexibility index (Phi) is 4.04. The van der Waals surface area contributed by atoms with Crippen molar-refractivity contribution < 1.29 is 9.21 Å². The van der Waals surface area contributed by atoms with Gasteiger partial charge in [-0.25, -0.2) is 0 Å². The van der Waals surface area contributed by atoms with Crippen molar-refractivity contribution in [2.24, 2.45) is 0 Å². The van der Waals surface area contributed by atoms with E-state index in [1.165, 1.54) is 12.5 Å². The number of furan rings is 1. The van der Waals surface area contributed by atoms with Gasteiger partial charge in [0.2, 0.25) is 0 Å². The number of nitrogens with zero attached hydrogens (tertiary/aromatic N) is 1. The molecule has 0 bridgehead atoms. The fourth-order valence-corrected chi connectivity index (χ4v) is 2.98. The Hall–Kier alpha value is -2.98. The molecule has 0 unspecified atom stereocenters. The maximum Gasteiger partial charge on any atom is 0.258 e. The minimum absolute atomic E-state index is 0.192. The Morgan fingerprint density at radius 1 is 1.08 bits per heavy atom. The van der Waals surface area contributed by atoms with E-state index in [-0.39, 0.29) is 5.91 Å². The quantitative estimate of drug-likeness (QED) is 0.550. The molecule has 124 valence electrons. The van der Waals surface area contributed by atoms with E-state index < -0.39 is 0 Å². The SMILES string of the molecule is O=C(Nc1cn(Cc2ccc(Cl)cc2)c2ccccc12)c1ccoc1. The van der Waals surface area contributed by atoms with Gasteiger partial charge in [-0.15, -0.1) is 0 Å². The van der Waals surface area contributed by atoms with Gasteiger partial charge in [0.1, 0.15) is 6.26 Å². The topological polar surface area (TPSA) is 47.2 Å². The molecule has 0 spiro atoms. The number of hydrogen-bond acceptors (Lipinski definition) is 2. The van der Waals surface area contributed by atoms with Gasteiger partial charge in [0.05, 0.1) is 23.0 Å². The van der Waals surface area contributed by atoms with Crippen molar-refractivity contribution >= 4 is 34.1 Å². The number of hydrogen-bond donors (Lipinski definition) is 1. The number of anilines is 1. The third-order valence-corrected chi connectivity index (χ3v) is 4.34. The summed E-state index contributed by atoms with van der Waals surface area (Å²) in [6.07, 6.45) is 4.87. The Morgan fingerprint density at radius 3 is 2.64 bits per heavy atom. The molecule has 0 saturated carbocycles. The lowest BCUT2D eigenvalue weighted by molar-refractivity contribution is 0.102. The molecule has 2 aromatic carbocycles. The van der Waals surface area contributed by atoms with E-state index in [0.717, 1.165) is 22.2 Å². The second-order valence-electron chi connectivity index (χ2n) is 5.78. The molecular formula is C20H15ClN2O2. The van der Waals surface area contributed by atoms with Crippen molar-refractivity contribution in [3.8, 4) is 0 Å². The van der Waals surface area contributed by atoms with Crippen LogP contribution in [0.15, 0.2) is 77.7 Å². The summed E-state index contributed by atoms with van der Waals surface area (Å²) in [5.74, 6) is -0.192. The van der Waals surface area contributed by atoms with Gasteiger partial charge in [0.15, 0.2) is 0 Å². The van der Waals surface area contributed by atoms with E-state index in [2.05, 4.69) is 9.88 Å². The van der Waals surface area contributed by atoms with Crippen LogP contribution in [0, 0.1) is 0 Å². The van der Waals surface area contributed by atoms with Crippen molar-refractivity contribution in [1.82, 2.24) is 4.57 Å². The van der Waals surface area contributed by atoms with Crippen LogP contribution in [0.2, 0.25) is 5.02 Å². The van der Waals surface area contributed by atoms with E-state index in [1.807, 2.05) is 54.7 Å². The highest BCUT2D eigenvalue weighted by molar-refractivity contribution is 6.30.